The molecule has 1 aromatic carbocycles. The molecule has 1 aliphatic heterocycles. The molecule has 226 valence electrons. The predicted molar refractivity (Wildman–Crippen MR) is 153 cm³/mol. The summed E-state index contributed by atoms with van der Waals surface area (Å²) in [7, 11) is 6.73. The van der Waals surface area contributed by atoms with E-state index in [0.29, 0.717) is 16.8 Å². The standard InChI is InChI=1S/C30H38N4O8/c1-33(2)18-12-13(7-8-19(35)17-6-5-9-32-17)24(36)21-15(18)10-14-11-16-23(34(3)4)26(38)22(29(31)41)28(40)30(16,42)27(39)20(14)25(21)37/h12,14,16-17,23,32,36-37,40,42H,5-11H2,1-4H3,(H2,31,41)/t14-,16-,17?,23?,30+/m1/s1. The van der Waals surface area contributed by atoms with Crippen LogP contribution in [0.2, 0.25) is 0 Å². The minimum atomic E-state index is -2.69. The van der Waals surface area contributed by atoms with Crippen LogP contribution in [0, 0.1) is 11.8 Å². The molecule has 7 N–H and O–H groups in total. The smallest absolute Gasteiger partial charge is 0.255 e. The maximum atomic E-state index is 14.1. The van der Waals surface area contributed by atoms with E-state index in [2.05, 4.69) is 5.32 Å². The summed E-state index contributed by atoms with van der Waals surface area (Å²) in [4.78, 5) is 55.5. The van der Waals surface area contributed by atoms with Gasteiger partial charge in [-0.3, -0.25) is 24.1 Å². The minimum Gasteiger partial charge on any atom is -0.508 e. The Kier molecular flexibility index (Phi) is 7.45. The first kappa shape index (κ1) is 29.7. The van der Waals surface area contributed by atoms with E-state index < -0.39 is 58.0 Å². The number of likely N-dealkylation sites (N-methyl/N-ethyl adjacent to an activating group) is 1. The van der Waals surface area contributed by atoms with Crippen LogP contribution >= 0.6 is 0 Å². The normalized spacial score (nSPS) is 29.0. The monoisotopic (exact) mass is 582 g/mol. The van der Waals surface area contributed by atoms with Crippen LogP contribution < -0.4 is 16.0 Å². The van der Waals surface area contributed by atoms with Crippen molar-refractivity contribution in [3.05, 3.63) is 39.7 Å². The predicted octanol–water partition coefficient (Wildman–Crippen LogP) is 0.284. The maximum Gasteiger partial charge on any atom is 0.255 e. The number of carbonyl (C=O) groups excluding carboxylic acids is 4. The molecule has 0 radical (unpaired) electrons. The zero-order chi connectivity index (χ0) is 30.8. The molecule has 12 heteroatoms. The Balaban J connectivity index is 1.63. The number of carbonyl (C=O) groups is 4. The van der Waals surface area contributed by atoms with Gasteiger partial charge in [0.25, 0.3) is 5.91 Å². The van der Waals surface area contributed by atoms with Gasteiger partial charge in [0.2, 0.25) is 5.78 Å². The van der Waals surface area contributed by atoms with Crippen LogP contribution in [0.1, 0.15) is 42.4 Å². The molecule has 2 unspecified atom stereocenters. The first-order valence-corrected chi connectivity index (χ1v) is 14.2. The van der Waals surface area contributed by atoms with Crippen molar-refractivity contribution in [2.24, 2.45) is 17.6 Å². The zero-order valence-corrected chi connectivity index (χ0v) is 24.2. The van der Waals surface area contributed by atoms with Crippen molar-refractivity contribution in [1.82, 2.24) is 10.2 Å². The van der Waals surface area contributed by atoms with Crippen molar-refractivity contribution in [2.75, 3.05) is 39.6 Å². The number of hydrogen-bond acceptors (Lipinski definition) is 11. The minimum absolute atomic E-state index is 0.0179. The summed E-state index contributed by atoms with van der Waals surface area (Å²) >= 11 is 0. The fourth-order valence-corrected chi connectivity index (χ4v) is 7.33. The number of primary amides is 1. The second-order valence-electron chi connectivity index (χ2n) is 12.2. The van der Waals surface area contributed by atoms with E-state index in [4.69, 9.17) is 5.73 Å². The number of aliphatic hydroxyl groups excluding tert-OH is 2. The lowest BCUT2D eigenvalue weighted by Crippen LogP contribution is -2.65. The van der Waals surface area contributed by atoms with Gasteiger partial charge < -0.3 is 36.4 Å². The van der Waals surface area contributed by atoms with Crippen molar-refractivity contribution in [1.29, 1.82) is 0 Å². The highest BCUT2D eigenvalue weighted by molar-refractivity contribution is 6.24. The number of nitrogens with two attached hydrogens (primary N) is 1. The van der Waals surface area contributed by atoms with Crippen LogP contribution in [-0.2, 0) is 32.0 Å². The van der Waals surface area contributed by atoms with Crippen LogP contribution in [0.3, 0.4) is 0 Å². The van der Waals surface area contributed by atoms with E-state index in [1.807, 2.05) is 4.90 Å². The van der Waals surface area contributed by atoms with Crippen LogP contribution in [0.25, 0.3) is 5.76 Å². The van der Waals surface area contributed by atoms with E-state index in [-0.39, 0.29) is 54.4 Å². The topological polar surface area (TPSA) is 194 Å². The molecule has 2 fully saturated rings. The van der Waals surface area contributed by atoms with Crippen molar-refractivity contribution in [3.8, 4) is 5.75 Å². The number of aliphatic hydroxyl groups is 3. The average Bonchev–Trinajstić information content (AvgIpc) is 3.45. The first-order chi connectivity index (χ1) is 19.7. The van der Waals surface area contributed by atoms with Crippen LogP contribution in [-0.4, -0.2) is 101 Å². The van der Waals surface area contributed by atoms with E-state index in [1.54, 1.807) is 34.3 Å². The van der Waals surface area contributed by atoms with Gasteiger partial charge in [-0.25, -0.2) is 0 Å². The average molecular weight is 583 g/mol. The molecular weight excluding hydrogens is 544 g/mol. The van der Waals surface area contributed by atoms with Gasteiger partial charge in [-0.05, 0) is 75.9 Å². The highest BCUT2D eigenvalue weighted by Crippen LogP contribution is 2.54. The van der Waals surface area contributed by atoms with Gasteiger partial charge in [-0.2, -0.15) is 0 Å². The summed E-state index contributed by atoms with van der Waals surface area (Å²) in [5.41, 5.74) is 3.35. The molecule has 1 amide bonds. The number of anilines is 1. The van der Waals surface area contributed by atoms with E-state index in [9.17, 15) is 39.6 Å². The second kappa shape index (κ2) is 10.5. The van der Waals surface area contributed by atoms with Crippen molar-refractivity contribution < 1.29 is 39.6 Å². The second-order valence-corrected chi connectivity index (χ2v) is 12.2. The van der Waals surface area contributed by atoms with Crippen LogP contribution in [0.15, 0.2) is 23.0 Å². The summed E-state index contributed by atoms with van der Waals surface area (Å²) < 4.78 is 0. The van der Waals surface area contributed by atoms with Gasteiger partial charge in [-0.15, -0.1) is 0 Å². The van der Waals surface area contributed by atoms with E-state index in [1.165, 1.54) is 4.90 Å². The third kappa shape index (κ3) is 4.31. The zero-order valence-electron chi connectivity index (χ0n) is 24.2. The fraction of sp³-hybridized carbons (Fsp3) is 0.533. The number of aryl methyl sites for hydroxylation is 1. The van der Waals surface area contributed by atoms with E-state index in [0.717, 1.165) is 19.4 Å². The number of hydrogen-bond donors (Lipinski definition) is 6. The summed E-state index contributed by atoms with van der Waals surface area (Å²) in [6.07, 6.45) is 2.28. The third-order valence-corrected chi connectivity index (χ3v) is 9.35. The number of nitrogens with one attached hydrogen (secondary N) is 1. The Morgan fingerprint density at radius 2 is 1.83 bits per heavy atom. The molecular formula is C30H38N4O8. The Morgan fingerprint density at radius 1 is 1.14 bits per heavy atom. The van der Waals surface area contributed by atoms with Gasteiger partial charge in [0.05, 0.1) is 17.6 Å². The summed E-state index contributed by atoms with van der Waals surface area (Å²) in [5.74, 6) is -6.82. The number of amides is 1. The molecule has 1 saturated heterocycles. The Hall–Kier alpha value is -3.74. The molecule has 5 rings (SSSR count). The number of phenols is 1. The number of aromatic hydroxyl groups is 1. The molecule has 1 heterocycles. The first-order valence-electron chi connectivity index (χ1n) is 14.2. The number of benzene rings is 1. The highest BCUT2D eigenvalue weighted by atomic mass is 16.3. The SMILES string of the molecule is CN(C)c1cc(CCC(=O)C2CCCN2)c(O)c2c1C[C@@H]1C[C@@H]3C(N(C)C)C(=O)C(C(N)=O)=C(O)[C@@]3(O)C(=O)C1=C2O. The quantitative estimate of drug-likeness (QED) is 0.242. The molecule has 3 aliphatic carbocycles. The molecule has 0 aromatic heterocycles. The number of Topliss-reactive ketones (excluding diaryl/α,β-unsaturated/α-hetero) is 3. The lowest BCUT2D eigenvalue weighted by Gasteiger charge is -2.50. The summed E-state index contributed by atoms with van der Waals surface area (Å²) in [5, 5.41) is 49.0. The molecule has 0 bridgehead atoms. The number of fused-ring (bicyclic) bond motifs is 3. The lowest BCUT2D eigenvalue weighted by molar-refractivity contribution is -0.153. The van der Waals surface area contributed by atoms with Crippen molar-refractivity contribution >= 4 is 34.7 Å². The van der Waals surface area contributed by atoms with Gasteiger partial charge in [0.15, 0.2) is 11.4 Å². The molecule has 12 nitrogen and oxygen atoms in total. The Labute approximate surface area is 243 Å². The molecule has 1 aromatic rings. The summed E-state index contributed by atoms with van der Waals surface area (Å²) in [6, 6.07) is 0.421. The van der Waals surface area contributed by atoms with Crippen LogP contribution in [0.4, 0.5) is 5.69 Å². The Bertz CT molecular complexity index is 1460. The van der Waals surface area contributed by atoms with Crippen molar-refractivity contribution in [3.63, 3.8) is 0 Å². The number of rotatable bonds is 7. The molecule has 1 saturated carbocycles. The van der Waals surface area contributed by atoms with Crippen molar-refractivity contribution in [2.45, 2.75) is 56.2 Å². The fourth-order valence-electron chi connectivity index (χ4n) is 7.33. The van der Waals surface area contributed by atoms with Crippen LogP contribution in [0.5, 0.6) is 5.75 Å². The van der Waals surface area contributed by atoms with Gasteiger partial charge in [0, 0.05) is 37.7 Å². The molecule has 4 aliphatic rings. The molecule has 0 spiro atoms. The third-order valence-electron chi connectivity index (χ3n) is 9.35. The number of ketones is 3. The lowest BCUT2D eigenvalue weighted by atomic mass is 9.57. The molecule has 42 heavy (non-hydrogen) atoms. The number of phenolic OH excluding ortho intramolecular Hbond substituents is 1. The largest absolute Gasteiger partial charge is 0.508 e. The number of nitrogens with zero attached hydrogens (tertiary/aromatic N) is 2. The Morgan fingerprint density at radius 3 is 2.40 bits per heavy atom. The molecule has 5 atom stereocenters. The van der Waals surface area contributed by atoms with Gasteiger partial charge in [0.1, 0.15) is 28.6 Å². The van der Waals surface area contributed by atoms with Gasteiger partial charge in [-0.1, -0.05) is 0 Å². The highest BCUT2D eigenvalue weighted by Gasteiger charge is 2.64. The summed E-state index contributed by atoms with van der Waals surface area (Å²) in [6.45, 7) is 0.782. The van der Waals surface area contributed by atoms with E-state index >= 15 is 0 Å². The van der Waals surface area contributed by atoms with Gasteiger partial charge >= 0.3 is 0 Å². The maximum absolute atomic E-state index is 14.1.